The molecule has 22 heavy (non-hydrogen) atoms. The lowest BCUT2D eigenvalue weighted by Crippen LogP contribution is -2.45. The highest BCUT2D eigenvalue weighted by molar-refractivity contribution is 8.04. The first kappa shape index (κ1) is 14.4. The number of hydrogen-bond acceptors (Lipinski definition) is 5. The zero-order valence-electron chi connectivity index (χ0n) is 11.4. The average Bonchev–Trinajstić information content (AvgIpc) is 2.89. The number of rotatable bonds is 2. The Morgan fingerprint density at radius 3 is 2.68 bits per heavy atom. The second-order valence-electron chi connectivity index (χ2n) is 4.98. The van der Waals surface area contributed by atoms with Crippen molar-refractivity contribution < 1.29 is 9.59 Å². The van der Waals surface area contributed by atoms with Crippen molar-refractivity contribution in [2.45, 2.75) is 5.92 Å². The lowest BCUT2D eigenvalue weighted by atomic mass is 9.78. The van der Waals surface area contributed by atoms with E-state index in [-0.39, 0.29) is 23.1 Å². The van der Waals surface area contributed by atoms with Crippen molar-refractivity contribution in [2.75, 3.05) is 5.75 Å². The number of hydrogen-bond donors (Lipinski definition) is 2. The van der Waals surface area contributed by atoms with Gasteiger partial charge in [-0.15, -0.1) is 0 Å². The second-order valence-corrected chi connectivity index (χ2v) is 5.95. The topological polar surface area (TPSA) is 111 Å². The van der Waals surface area contributed by atoms with E-state index in [9.17, 15) is 14.9 Å². The molecule has 2 unspecified atom stereocenters. The molecule has 1 fully saturated rings. The fourth-order valence-corrected chi connectivity index (χ4v) is 3.93. The quantitative estimate of drug-likeness (QED) is 0.853. The Kier molecular flexibility index (Phi) is 3.47. The minimum Gasteiger partial charge on any atom is -0.366 e. The van der Waals surface area contributed by atoms with Crippen molar-refractivity contribution in [2.24, 2.45) is 11.7 Å². The molecule has 2 aliphatic rings. The van der Waals surface area contributed by atoms with E-state index in [0.717, 1.165) is 10.5 Å². The van der Waals surface area contributed by atoms with Crippen LogP contribution in [0.25, 0.3) is 0 Å². The van der Waals surface area contributed by atoms with Gasteiger partial charge < -0.3 is 5.73 Å². The Hall–Kier alpha value is -2.59. The van der Waals surface area contributed by atoms with Crippen molar-refractivity contribution in [1.82, 2.24) is 4.90 Å². The van der Waals surface area contributed by atoms with Crippen molar-refractivity contribution in [3.8, 4) is 6.07 Å². The van der Waals surface area contributed by atoms with Crippen LogP contribution in [0.5, 0.6) is 0 Å². The average molecular weight is 312 g/mol. The summed E-state index contributed by atoms with van der Waals surface area (Å²) in [5, 5.41) is 18.1. The molecule has 110 valence electrons. The van der Waals surface area contributed by atoms with E-state index >= 15 is 0 Å². The maximum Gasteiger partial charge on any atom is 0.247 e. The van der Waals surface area contributed by atoms with E-state index in [2.05, 4.69) is 6.07 Å². The number of carbonyl (C=O) groups excluding carboxylic acids is 2. The Labute approximate surface area is 131 Å². The summed E-state index contributed by atoms with van der Waals surface area (Å²) in [6.45, 7) is 0. The third kappa shape index (κ3) is 2.00. The van der Waals surface area contributed by atoms with Crippen molar-refractivity contribution in [3.63, 3.8) is 0 Å². The molecular weight excluding hydrogens is 300 g/mol. The van der Waals surface area contributed by atoms with Crippen LogP contribution >= 0.6 is 11.8 Å². The molecule has 1 aromatic carbocycles. The summed E-state index contributed by atoms with van der Waals surface area (Å²) in [7, 11) is 0. The van der Waals surface area contributed by atoms with Crippen LogP contribution < -0.4 is 5.73 Å². The molecule has 1 aromatic rings. The maximum atomic E-state index is 12.0. The van der Waals surface area contributed by atoms with Gasteiger partial charge in [0, 0.05) is 5.92 Å². The molecule has 2 aliphatic heterocycles. The standard InChI is InChI=1S/C15H12N4O2S/c16-6-9-11(8-4-2-1-3-5-8)12(14(18)21)15-19(13(9)17)10(20)7-22-15/h1-5,9,11,17H,7H2,(H2,18,21). The lowest BCUT2D eigenvalue weighted by molar-refractivity contribution is -0.122. The van der Waals surface area contributed by atoms with Crippen molar-refractivity contribution >= 4 is 29.4 Å². The number of nitrogens with zero attached hydrogens (tertiary/aromatic N) is 2. The Morgan fingerprint density at radius 1 is 1.41 bits per heavy atom. The Morgan fingerprint density at radius 2 is 2.09 bits per heavy atom. The Bertz CT molecular complexity index is 751. The van der Waals surface area contributed by atoms with Crippen LogP contribution in [-0.4, -0.2) is 28.3 Å². The number of amides is 2. The van der Waals surface area contributed by atoms with Gasteiger partial charge in [0.15, 0.2) is 0 Å². The predicted octanol–water partition coefficient (Wildman–Crippen LogP) is 1.17. The minimum absolute atomic E-state index is 0.0913. The molecule has 0 bridgehead atoms. The van der Waals surface area contributed by atoms with Gasteiger partial charge in [-0.1, -0.05) is 42.1 Å². The van der Waals surface area contributed by atoms with Gasteiger partial charge in [0.2, 0.25) is 11.8 Å². The van der Waals surface area contributed by atoms with Gasteiger partial charge in [-0.2, -0.15) is 5.26 Å². The molecule has 7 heteroatoms. The third-order valence-electron chi connectivity index (χ3n) is 3.76. The van der Waals surface area contributed by atoms with Crippen LogP contribution in [0.1, 0.15) is 11.5 Å². The van der Waals surface area contributed by atoms with Crippen molar-refractivity contribution in [1.29, 1.82) is 10.7 Å². The molecule has 0 aromatic heterocycles. The van der Waals surface area contributed by atoms with Crippen LogP contribution in [0, 0.1) is 22.7 Å². The molecule has 2 amide bonds. The lowest BCUT2D eigenvalue weighted by Gasteiger charge is -2.35. The molecule has 0 spiro atoms. The summed E-state index contributed by atoms with van der Waals surface area (Å²) in [5.74, 6) is -2.45. The summed E-state index contributed by atoms with van der Waals surface area (Å²) in [6, 6.07) is 11.1. The van der Waals surface area contributed by atoms with Gasteiger partial charge in [0.1, 0.15) is 11.8 Å². The molecule has 2 atom stereocenters. The summed E-state index contributed by atoms with van der Waals surface area (Å²) in [6.07, 6.45) is 0. The first-order chi connectivity index (χ1) is 10.6. The Balaban J connectivity index is 2.26. The number of benzene rings is 1. The second kappa shape index (κ2) is 5.31. The highest BCUT2D eigenvalue weighted by atomic mass is 32.2. The highest BCUT2D eigenvalue weighted by Crippen LogP contribution is 2.46. The molecule has 0 aliphatic carbocycles. The number of nitriles is 1. The fraction of sp³-hybridized carbons (Fsp3) is 0.200. The van der Waals surface area contributed by atoms with Crippen LogP contribution in [0.2, 0.25) is 0 Å². The van der Waals surface area contributed by atoms with Gasteiger partial charge in [0.05, 0.1) is 22.4 Å². The molecular formula is C15H12N4O2S. The largest absolute Gasteiger partial charge is 0.366 e. The molecule has 0 radical (unpaired) electrons. The first-order valence-corrected chi connectivity index (χ1v) is 7.57. The molecule has 3 N–H and O–H groups in total. The van der Waals surface area contributed by atoms with Crippen LogP contribution in [0.4, 0.5) is 0 Å². The molecule has 0 saturated carbocycles. The molecule has 3 rings (SSSR count). The summed E-state index contributed by atoms with van der Waals surface area (Å²) in [5.41, 5.74) is 6.51. The third-order valence-corrected chi connectivity index (χ3v) is 4.83. The fourth-order valence-electron chi connectivity index (χ4n) is 2.82. The number of nitrogens with one attached hydrogen (secondary N) is 1. The SMILES string of the molecule is N#CC1C(=N)N2C(=O)CSC2=C(C(N)=O)C1c1ccccc1. The maximum absolute atomic E-state index is 12.0. The van der Waals surface area contributed by atoms with E-state index in [1.165, 1.54) is 11.8 Å². The van der Waals surface area contributed by atoms with Gasteiger partial charge in [-0.25, -0.2) is 0 Å². The van der Waals surface area contributed by atoms with E-state index in [1.807, 2.05) is 6.07 Å². The molecule has 6 nitrogen and oxygen atoms in total. The number of amidine groups is 1. The van der Waals surface area contributed by atoms with Crippen LogP contribution in [0.3, 0.4) is 0 Å². The number of thioether (sulfide) groups is 1. The highest BCUT2D eigenvalue weighted by Gasteiger charge is 2.47. The van der Waals surface area contributed by atoms with Crippen LogP contribution in [-0.2, 0) is 9.59 Å². The first-order valence-electron chi connectivity index (χ1n) is 6.59. The predicted molar refractivity (Wildman–Crippen MR) is 81.5 cm³/mol. The summed E-state index contributed by atoms with van der Waals surface area (Å²) in [4.78, 5) is 25.1. The van der Waals surface area contributed by atoms with Gasteiger partial charge in [0.25, 0.3) is 0 Å². The zero-order chi connectivity index (χ0) is 15.9. The number of fused-ring (bicyclic) bond motifs is 1. The van der Waals surface area contributed by atoms with Gasteiger partial charge >= 0.3 is 0 Å². The smallest absolute Gasteiger partial charge is 0.247 e. The minimum atomic E-state index is -0.920. The van der Waals surface area contributed by atoms with Gasteiger partial charge in [-0.05, 0) is 5.56 Å². The van der Waals surface area contributed by atoms with E-state index < -0.39 is 17.7 Å². The summed E-state index contributed by atoms with van der Waals surface area (Å²) < 4.78 is 0. The van der Waals surface area contributed by atoms with Gasteiger partial charge in [-0.3, -0.25) is 19.9 Å². The van der Waals surface area contributed by atoms with E-state index in [0.29, 0.717) is 5.03 Å². The monoisotopic (exact) mass is 312 g/mol. The summed E-state index contributed by atoms with van der Waals surface area (Å²) >= 11 is 1.19. The number of carbonyl (C=O) groups is 2. The number of primary amides is 1. The number of nitrogens with two attached hydrogens (primary N) is 1. The van der Waals surface area contributed by atoms with Crippen LogP contribution in [0.15, 0.2) is 40.9 Å². The van der Waals surface area contributed by atoms with E-state index in [4.69, 9.17) is 11.1 Å². The van der Waals surface area contributed by atoms with Crippen molar-refractivity contribution in [3.05, 3.63) is 46.5 Å². The normalized spacial score (nSPS) is 24.2. The molecule has 2 heterocycles. The van der Waals surface area contributed by atoms with E-state index in [1.54, 1.807) is 24.3 Å². The zero-order valence-corrected chi connectivity index (χ0v) is 12.3. The molecule has 1 saturated heterocycles.